The molecule has 0 spiro atoms. The number of nitrogens with one attached hydrogen (secondary N) is 1. The number of thiophene rings is 1. The number of carbonyl (C=O) groups excluding carboxylic acids is 1. The molecule has 2 heterocycles. The molecule has 1 aromatic heterocycles. The van der Waals surface area contributed by atoms with Crippen molar-refractivity contribution in [2.75, 3.05) is 0 Å². The number of nitriles is 1. The Balaban J connectivity index is 2.59. The average molecular weight is 278 g/mol. The van der Waals surface area contributed by atoms with Crippen molar-refractivity contribution < 1.29 is 4.79 Å². The zero-order valence-corrected chi connectivity index (χ0v) is 10.8. The Labute approximate surface area is 113 Å². The predicted molar refractivity (Wildman–Crippen MR) is 72.3 cm³/mol. The molecule has 0 radical (unpaired) electrons. The molecule has 2 rings (SSSR count). The van der Waals surface area contributed by atoms with Crippen molar-refractivity contribution in [3.63, 3.8) is 0 Å². The molecule has 7 heteroatoms. The van der Waals surface area contributed by atoms with Crippen LogP contribution < -0.4 is 16.8 Å². The molecule has 18 heavy (non-hydrogen) atoms. The van der Waals surface area contributed by atoms with E-state index in [2.05, 4.69) is 5.32 Å². The summed E-state index contributed by atoms with van der Waals surface area (Å²) in [5.74, 6) is -1.59. The molecule has 5 N–H and O–H groups in total. The fourth-order valence-corrected chi connectivity index (χ4v) is 3.20. The van der Waals surface area contributed by atoms with E-state index in [9.17, 15) is 10.1 Å². The third-order valence-corrected chi connectivity index (χ3v) is 4.06. The van der Waals surface area contributed by atoms with Crippen LogP contribution in [-0.2, 0) is 4.79 Å². The molecule has 0 saturated heterocycles. The molecule has 1 aliphatic rings. The van der Waals surface area contributed by atoms with Crippen molar-refractivity contribution >= 4 is 34.5 Å². The molecule has 92 valence electrons. The van der Waals surface area contributed by atoms with Gasteiger partial charge in [-0.3, -0.25) is 4.79 Å². The van der Waals surface area contributed by atoms with Gasteiger partial charge in [0.1, 0.15) is 11.7 Å². The van der Waals surface area contributed by atoms with E-state index in [4.69, 9.17) is 23.7 Å². The zero-order valence-electron chi connectivity index (χ0n) is 9.21. The number of nitrogens with two attached hydrogens (primary N) is 2. The third-order valence-electron chi connectivity index (χ3n) is 2.75. The maximum atomic E-state index is 11.6. The smallest absolute Gasteiger partial charge is 0.228 e. The average Bonchev–Trinajstić information content (AvgIpc) is 2.80. The molecule has 0 fully saturated rings. The molecular formula is C11H10N4OS2. The van der Waals surface area contributed by atoms with Crippen molar-refractivity contribution in [2.45, 2.75) is 5.92 Å². The Bertz CT molecular complexity index is 570. The summed E-state index contributed by atoms with van der Waals surface area (Å²) in [7, 11) is 0. The molecule has 0 unspecified atom stereocenters. The van der Waals surface area contributed by atoms with Gasteiger partial charge < -0.3 is 16.8 Å². The van der Waals surface area contributed by atoms with E-state index < -0.39 is 17.7 Å². The molecule has 0 aliphatic carbocycles. The van der Waals surface area contributed by atoms with E-state index in [-0.39, 0.29) is 10.8 Å². The Hall–Kier alpha value is -1.91. The second kappa shape index (κ2) is 4.76. The molecule has 0 bridgehead atoms. The van der Waals surface area contributed by atoms with Gasteiger partial charge in [0.2, 0.25) is 5.91 Å². The highest BCUT2D eigenvalue weighted by Gasteiger charge is 2.40. The van der Waals surface area contributed by atoms with Crippen molar-refractivity contribution in [1.82, 2.24) is 5.32 Å². The minimum atomic E-state index is -0.736. The Morgan fingerprint density at radius 1 is 1.61 bits per heavy atom. The second-order valence-electron chi connectivity index (χ2n) is 3.80. The van der Waals surface area contributed by atoms with Crippen molar-refractivity contribution in [1.29, 1.82) is 5.26 Å². The predicted octanol–water partition coefficient (Wildman–Crippen LogP) is 0.558. The number of primary amides is 1. The molecule has 1 amide bonds. The van der Waals surface area contributed by atoms with Crippen LogP contribution in [0.2, 0.25) is 0 Å². The van der Waals surface area contributed by atoms with Gasteiger partial charge in [-0.15, -0.1) is 11.3 Å². The number of hydrogen-bond donors (Lipinski definition) is 3. The Kier molecular flexibility index (Phi) is 3.32. The van der Waals surface area contributed by atoms with Gasteiger partial charge in [-0.2, -0.15) is 5.26 Å². The standard InChI is InChI=1S/C11H10N4OS2/c12-4-5-7(6-2-1-3-18-6)8(10(14)16)11(17)15-9(5)13/h1-3,7-8H,13H2,(H2,14,16)(H,15,17)/t7-,8-/m0/s1. The summed E-state index contributed by atoms with van der Waals surface area (Å²) in [6, 6.07) is 5.71. The SMILES string of the molecule is N#CC1=C(N)NC(=S)[C@H](C(N)=O)[C@@H]1c1cccs1. The molecule has 5 nitrogen and oxygen atoms in total. The number of hydrogen-bond acceptors (Lipinski definition) is 5. The number of rotatable bonds is 2. The number of carbonyl (C=O) groups is 1. The van der Waals surface area contributed by atoms with Crippen LogP contribution in [-0.4, -0.2) is 10.9 Å². The van der Waals surface area contributed by atoms with Crippen LogP contribution >= 0.6 is 23.6 Å². The fourth-order valence-electron chi connectivity index (χ4n) is 1.96. The van der Waals surface area contributed by atoms with Gasteiger partial charge in [0.25, 0.3) is 0 Å². The Morgan fingerprint density at radius 2 is 2.33 bits per heavy atom. The minimum absolute atomic E-state index is 0.193. The van der Waals surface area contributed by atoms with Crippen LogP contribution in [0.5, 0.6) is 0 Å². The van der Waals surface area contributed by atoms with E-state index in [1.807, 2.05) is 23.6 Å². The highest BCUT2D eigenvalue weighted by molar-refractivity contribution is 7.80. The van der Waals surface area contributed by atoms with Crippen LogP contribution in [0.3, 0.4) is 0 Å². The monoisotopic (exact) mass is 278 g/mol. The van der Waals surface area contributed by atoms with Gasteiger partial charge in [0, 0.05) is 4.88 Å². The van der Waals surface area contributed by atoms with Crippen LogP contribution in [0.25, 0.3) is 0 Å². The summed E-state index contributed by atoms with van der Waals surface area (Å²) in [5, 5.41) is 13.7. The Morgan fingerprint density at radius 3 is 2.83 bits per heavy atom. The van der Waals surface area contributed by atoms with E-state index in [1.165, 1.54) is 11.3 Å². The highest BCUT2D eigenvalue weighted by atomic mass is 32.1. The lowest BCUT2D eigenvalue weighted by Crippen LogP contribution is -2.47. The summed E-state index contributed by atoms with van der Waals surface area (Å²) in [5.41, 5.74) is 11.4. The summed E-state index contributed by atoms with van der Waals surface area (Å²) in [4.78, 5) is 12.7. The maximum absolute atomic E-state index is 11.6. The first-order valence-corrected chi connectivity index (χ1v) is 6.38. The molecule has 2 atom stereocenters. The fraction of sp³-hybridized carbons (Fsp3) is 0.182. The first kappa shape index (κ1) is 12.5. The summed E-state index contributed by atoms with van der Waals surface area (Å²) < 4.78 is 0. The molecule has 0 aromatic carbocycles. The van der Waals surface area contributed by atoms with Crippen LogP contribution in [0.4, 0.5) is 0 Å². The largest absolute Gasteiger partial charge is 0.384 e. The molecule has 0 saturated carbocycles. The number of amides is 1. The van der Waals surface area contributed by atoms with Crippen LogP contribution in [0, 0.1) is 17.2 Å². The molecular weight excluding hydrogens is 268 g/mol. The third kappa shape index (κ3) is 1.96. The van der Waals surface area contributed by atoms with Gasteiger partial charge >= 0.3 is 0 Å². The minimum Gasteiger partial charge on any atom is -0.384 e. The van der Waals surface area contributed by atoms with Crippen LogP contribution in [0.1, 0.15) is 10.8 Å². The first-order chi connectivity index (χ1) is 8.56. The van der Waals surface area contributed by atoms with Crippen molar-refractivity contribution in [3.05, 3.63) is 33.8 Å². The summed E-state index contributed by atoms with van der Waals surface area (Å²) >= 11 is 6.54. The number of thiocarbonyl (C=S) groups is 1. The van der Waals surface area contributed by atoms with Crippen LogP contribution in [0.15, 0.2) is 28.9 Å². The normalized spacial score (nSPS) is 23.4. The lowest BCUT2D eigenvalue weighted by molar-refractivity contribution is -0.120. The van der Waals surface area contributed by atoms with E-state index in [0.717, 1.165) is 4.88 Å². The quantitative estimate of drug-likeness (QED) is 0.685. The number of allylic oxidation sites excluding steroid dienone is 1. The molecule has 1 aliphatic heterocycles. The lowest BCUT2D eigenvalue weighted by atomic mass is 9.82. The van der Waals surface area contributed by atoms with Gasteiger partial charge in [-0.25, -0.2) is 0 Å². The van der Waals surface area contributed by atoms with Crippen molar-refractivity contribution in [2.24, 2.45) is 17.4 Å². The zero-order chi connectivity index (χ0) is 13.3. The van der Waals surface area contributed by atoms with Gasteiger partial charge in [0.15, 0.2) is 0 Å². The van der Waals surface area contributed by atoms with Gasteiger partial charge in [-0.05, 0) is 11.4 Å². The summed E-state index contributed by atoms with van der Waals surface area (Å²) in [6.45, 7) is 0. The maximum Gasteiger partial charge on any atom is 0.228 e. The van der Waals surface area contributed by atoms with E-state index >= 15 is 0 Å². The second-order valence-corrected chi connectivity index (χ2v) is 5.22. The first-order valence-electron chi connectivity index (χ1n) is 5.09. The van der Waals surface area contributed by atoms with E-state index in [0.29, 0.717) is 5.57 Å². The van der Waals surface area contributed by atoms with Crippen molar-refractivity contribution in [3.8, 4) is 6.07 Å². The van der Waals surface area contributed by atoms with E-state index in [1.54, 1.807) is 0 Å². The topological polar surface area (TPSA) is 105 Å². The highest BCUT2D eigenvalue weighted by Crippen LogP contribution is 2.38. The van der Waals surface area contributed by atoms with Gasteiger partial charge in [0.05, 0.1) is 22.5 Å². The molecule has 1 aromatic rings. The summed E-state index contributed by atoms with van der Waals surface area (Å²) in [6.07, 6.45) is 0. The lowest BCUT2D eigenvalue weighted by Gasteiger charge is -2.30. The number of nitrogens with zero attached hydrogens (tertiary/aromatic N) is 1. The van der Waals surface area contributed by atoms with Gasteiger partial charge in [-0.1, -0.05) is 18.3 Å².